The molecule has 0 heterocycles. The second-order valence-corrected chi connectivity index (χ2v) is 7.06. The minimum atomic E-state index is 0.483. The first-order valence-electron chi connectivity index (χ1n) is 7.84. The molecular formula is C18H24. The third kappa shape index (κ3) is 1.32. The Morgan fingerprint density at radius 2 is 1.83 bits per heavy atom. The van der Waals surface area contributed by atoms with Crippen molar-refractivity contribution in [3.05, 3.63) is 36.5 Å². The fourth-order valence-corrected chi connectivity index (χ4v) is 5.54. The van der Waals surface area contributed by atoms with Gasteiger partial charge in [0.1, 0.15) is 0 Å². The quantitative estimate of drug-likeness (QED) is 0.536. The van der Waals surface area contributed by atoms with Gasteiger partial charge < -0.3 is 0 Å². The van der Waals surface area contributed by atoms with Gasteiger partial charge in [-0.05, 0) is 55.3 Å². The molecule has 0 aromatic rings. The van der Waals surface area contributed by atoms with Crippen LogP contribution in [0.3, 0.4) is 0 Å². The van der Waals surface area contributed by atoms with Crippen LogP contribution in [-0.2, 0) is 0 Å². The Kier molecular flexibility index (Phi) is 2.37. The Bertz CT molecular complexity index is 427. The summed E-state index contributed by atoms with van der Waals surface area (Å²) in [5.41, 5.74) is 0.483. The molecule has 4 aliphatic rings. The molecule has 0 heteroatoms. The molecule has 0 nitrogen and oxygen atoms in total. The van der Waals surface area contributed by atoms with Crippen LogP contribution in [0.15, 0.2) is 36.5 Å². The van der Waals surface area contributed by atoms with E-state index in [4.69, 9.17) is 0 Å². The standard InChI is InChI=1S/C18H24/c1-13-5-3-11-18-12-4-8-14-6-2-7-15(17(14)18)9-10-16(13)18/h3-4,8-11,13-17H,2,5-7,12H2,1H3/t13-,14-,15+,16-,17-,18+/m0/s1. The molecule has 0 aliphatic heterocycles. The molecule has 0 bridgehead atoms. The molecule has 4 aliphatic carbocycles. The lowest BCUT2D eigenvalue weighted by Crippen LogP contribution is -2.50. The maximum Gasteiger partial charge on any atom is 0.00210 e. The Morgan fingerprint density at radius 3 is 2.72 bits per heavy atom. The highest BCUT2D eigenvalue weighted by Gasteiger charge is 2.53. The second-order valence-electron chi connectivity index (χ2n) is 7.06. The van der Waals surface area contributed by atoms with Gasteiger partial charge in [-0.3, -0.25) is 0 Å². The number of allylic oxidation sites excluding steroid dienone is 6. The van der Waals surface area contributed by atoms with Gasteiger partial charge >= 0.3 is 0 Å². The summed E-state index contributed by atoms with van der Waals surface area (Å²) >= 11 is 0. The molecule has 0 aromatic carbocycles. The van der Waals surface area contributed by atoms with Crippen LogP contribution < -0.4 is 0 Å². The molecule has 0 aromatic heterocycles. The highest BCUT2D eigenvalue weighted by atomic mass is 14.6. The molecule has 0 unspecified atom stereocenters. The van der Waals surface area contributed by atoms with E-state index in [9.17, 15) is 0 Å². The van der Waals surface area contributed by atoms with Crippen molar-refractivity contribution >= 4 is 0 Å². The number of hydrogen-bond acceptors (Lipinski definition) is 0. The SMILES string of the molecule is C[C@H]1CC=C[C@@]23CC=C[C@@H]4CCC[C@H](C=C[C@@H]12)[C@H]43. The van der Waals surface area contributed by atoms with Gasteiger partial charge in [0.15, 0.2) is 0 Å². The Balaban J connectivity index is 1.86. The van der Waals surface area contributed by atoms with Crippen molar-refractivity contribution < 1.29 is 0 Å². The van der Waals surface area contributed by atoms with E-state index in [1.54, 1.807) is 0 Å². The van der Waals surface area contributed by atoms with Gasteiger partial charge in [0.2, 0.25) is 0 Å². The van der Waals surface area contributed by atoms with Crippen LogP contribution in [0.2, 0.25) is 0 Å². The lowest BCUT2D eigenvalue weighted by Gasteiger charge is -2.57. The van der Waals surface area contributed by atoms with E-state index in [-0.39, 0.29) is 0 Å². The molecule has 1 spiro atoms. The molecule has 6 atom stereocenters. The maximum absolute atomic E-state index is 2.63. The van der Waals surface area contributed by atoms with E-state index in [1.165, 1.54) is 32.1 Å². The minimum absolute atomic E-state index is 0.483. The van der Waals surface area contributed by atoms with Crippen molar-refractivity contribution in [2.45, 2.75) is 39.0 Å². The zero-order valence-corrected chi connectivity index (χ0v) is 11.4. The maximum atomic E-state index is 2.63. The van der Waals surface area contributed by atoms with E-state index < -0.39 is 0 Å². The molecule has 18 heavy (non-hydrogen) atoms. The Hall–Kier alpha value is -0.780. The lowest BCUT2D eigenvalue weighted by atomic mass is 9.46. The molecule has 0 radical (unpaired) electrons. The molecular weight excluding hydrogens is 216 g/mol. The number of rotatable bonds is 0. The van der Waals surface area contributed by atoms with Crippen molar-refractivity contribution in [2.24, 2.45) is 35.0 Å². The summed E-state index contributed by atoms with van der Waals surface area (Å²) in [6.07, 6.45) is 22.2. The van der Waals surface area contributed by atoms with Crippen molar-refractivity contribution in [1.82, 2.24) is 0 Å². The minimum Gasteiger partial charge on any atom is -0.0876 e. The highest BCUT2D eigenvalue weighted by molar-refractivity contribution is 5.27. The van der Waals surface area contributed by atoms with Crippen LogP contribution in [0.4, 0.5) is 0 Å². The first-order valence-corrected chi connectivity index (χ1v) is 7.84. The van der Waals surface area contributed by atoms with Crippen LogP contribution in [-0.4, -0.2) is 0 Å². The monoisotopic (exact) mass is 240 g/mol. The topological polar surface area (TPSA) is 0 Å². The van der Waals surface area contributed by atoms with Gasteiger partial charge in [-0.25, -0.2) is 0 Å². The largest absolute Gasteiger partial charge is 0.0876 e. The fraction of sp³-hybridized carbons (Fsp3) is 0.667. The summed E-state index contributed by atoms with van der Waals surface area (Å²) in [4.78, 5) is 0. The van der Waals surface area contributed by atoms with Crippen molar-refractivity contribution in [1.29, 1.82) is 0 Å². The molecule has 1 fully saturated rings. The van der Waals surface area contributed by atoms with Crippen molar-refractivity contribution in [2.75, 3.05) is 0 Å². The van der Waals surface area contributed by atoms with Gasteiger partial charge in [-0.1, -0.05) is 49.8 Å². The van der Waals surface area contributed by atoms with Gasteiger partial charge in [-0.2, -0.15) is 0 Å². The van der Waals surface area contributed by atoms with E-state index in [0.29, 0.717) is 5.41 Å². The summed E-state index contributed by atoms with van der Waals surface area (Å²) < 4.78 is 0. The average molecular weight is 240 g/mol. The predicted octanol–water partition coefficient (Wildman–Crippen LogP) is 4.75. The van der Waals surface area contributed by atoms with E-state index in [2.05, 4.69) is 43.4 Å². The van der Waals surface area contributed by atoms with Crippen LogP contribution in [0.1, 0.15) is 39.0 Å². The molecule has 1 saturated carbocycles. The Labute approximate surface area is 111 Å². The summed E-state index contributed by atoms with van der Waals surface area (Å²) in [6.45, 7) is 2.46. The van der Waals surface area contributed by atoms with Crippen molar-refractivity contribution in [3.8, 4) is 0 Å². The fourth-order valence-electron chi connectivity index (χ4n) is 5.54. The van der Waals surface area contributed by atoms with E-state index in [0.717, 1.165) is 29.6 Å². The van der Waals surface area contributed by atoms with E-state index in [1.807, 2.05) is 0 Å². The molecule has 0 N–H and O–H groups in total. The Morgan fingerprint density at radius 1 is 1.00 bits per heavy atom. The van der Waals surface area contributed by atoms with Gasteiger partial charge in [0.05, 0.1) is 0 Å². The number of hydrogen-bond donors (Lipinski definition) is 0. The van der Waals surface area contributed by atoms with Crippen LogP contribution in [0, 0.1) is 35.0 Å². The summed E-state index contributed by atoms with van der Waals surface area (Å²) in [5.74, 6) is 4.26. The zero-order chi connectivity index (χ0) is 12.2. The highest BCUT2D eigenvalue weighted by Crippen LogP contribution is 2.61. The second kappa shape index (κ2) is 3.85. The third-order valence-electron chi connectivity index (χ3n) is 6.21. The molecule has 0 saturated heterocycles. The van der Waals surface area contributed by atoms with Gasteiger partial charge in [-0.15, -0.1) is 0 Å². The van der Waals surface area contributed by atoms with Crippen LogP contribution >= 0.6 is 0 Å². The van der Waals surface area contributed by atoms with Gasteiger partial charge in [0, 0.05) is 5.41 Å². The normalized spacial score (nSPS) is 52.8. The third-order valence-corrected chi connectivity index (χ3v) is 6.21. The zero-order valence-electron chi connectivity index (χ0n) is 11.4. The molecule has 4 rings (SSSR count). The first kappa shape index (κ1) is 11.1. The average Bonchev–Trinajstić information content (AvgIpc) is 2.39. The van der Waals surface area contributed by atoms with Crippen LogP contribution in [0.25, 0.3) is 0 Å². The summed E-state index contributed by atoms with van der Waals surface area (Å²) in [6, 6.07) is 0. The predicted molar refractivity (Wildman–Crippen MR) is 76.1 cm³/mol. The molecule has 96 valence electrons. The summed E-state index contributed by atoms with van der Waals surface area (Å²) in [5, 5.41) is 0. The summed E-state index contributed by atoms with van der Waals surface area (Å²) in [7, 11) is 0. The smallest absolute Gasteiger partial charge is 0.00210 e. The van der Waals surface area contributed by atoms with Crippen LogP contribution in [0.5, 0.6) is 0 Å². The van der Waals surface area contributed by atoms with Gasteiger partial charge in [0.25, 0.3) is 0 Å². The lowest BCUT2D eigenvalue weighted by molar-refractivity contribution is 0.0101. The molecule has 0 amide bonds. The van der Waals surface area contributed by atoms with Crippen molar-refractivity contribution in [3.63, 3.8) is 0 Å². The first-order chi connectivity index (χ1) is 8.81. The van der Waals surface area contributed by atoms with E-state index >= 15 is 0 Å².